The lowest BCUT2D eigenvalue weighted by atomic mass is 9.83. The molecule has 1 aliphatic heterocycles. The number of carbonyl (C=O) groups is 2. The summed E-state index contributed by atoms with van der Waals surface area (Å²) >= 11 is 12.5. The summed E-state index contributed by atoms with van der Waals surface area (Å²) in [6.45, 7) is 0.802. The highest BCUT2D eigenvalue weighted by Crippen LogP contribution is 2.35. The molecule has 1 aliphatic carbocycles. The average molecular weight is 383 g/mol. The first-order chi connectivity index (χ1) is 12.0. The highest BCUT2D eigenvalue weighted by molar-refractivity contribution is 6.36. The molecule has 2 amide bonds. The molecule has 4 nitrogen and oxygen atoms in total. The molecule has 1 unspecified atom stereocenters. The Morgan fingerprint density at radius 3 is 2.36 bits per heavy atom. The van der Waals surface area contributed by atoms with Crippen LogP contribution in [0.1, 0.15) is 44.1 Å². The summed E-state index contributed by atoms with van der Waals surface area (Å²) in [5.74, 6) is 0.330. The van der Waals surface area contributed by atoms with Crippen molar-refractivity contribution < 1.29 is 9.59 Å². The van der Waals surface area contributed by atoms with Crippen molar-refractivity contribution in [3.05, 3.63) is 33.8 Å². The number of likely N-dealkylation sites (tertiary alicyclic amines) is 1. The Hall–Kier alpha value is -1.26. The van der Waals surface area contributed by atoms with Gasteiger partial charge in [0.1, 0.15) is 0 Å². The van der Waals surface area contributed by atoms with Crippen LogP contribution in [0.5, 0.6) is 0 Å². The van der Waals surface area contributed by atoms with Gasteiger partial charge in [0, 0.05) is 35.0 Å². The van der Waals surface area contributed by atoms with Gasteiger partial charge in [0.05, 0.1) is 0 Å². The minimum absolute atomic E-state index is 0.0410. The maximum atomic E-state index is 12.9. The van der Waals surface area contributed by atoms with Gasteiger partial charge in [-0.15, -0.1) is 0 Å². The Morgan fingerprint density at radius 1 is 1.12 bits per heavy atom. The van der Waals surface area contributed by atoms with Gasteiger partial charge in [-0.25, -0.2) is 0 Å². The number of rotatable bonds is 5. The first-order valence-corrected chi connectivity index (χ1v) is 9.73. The third-order valence-electron chi connectivity index (χ3n) is 5.61. The highest BCUT2D eigenvalue weighted by Gasteiger charge is 2.37. The first kappa shape index (κ1) is 18.5. The number of nitrogens with two attached hydrogens (primary N) is 1. The summed E-state index contributed by atoms with van der Waals surface area (Å²) in [4.78, 5) is 26.0. The second-order valence-electron chi connectivity index (χ2n) is 7.27. The van der Waals surface area contributed by atoms with E-state index in [9.17, 15) is 9.59 Å². The van der Waals surface area contributed by atoms with Crippen molar-refractivity contribution in [3.63, 3.8) is 0 Å². The molecule has 0 radical (unpaired) electrons. The zero-order chi connectivity index (χ0) is 18.0. The maximum absolute atomic E-state index is 12.9. The SMILES string of the molecule is NC(=O)CC1CCC(N2CCC(Cc3c(Cl)cccc3Cl)C2=O)CC1. The monoisotopic (exact) mass is 382 g/mol. The van der Waals surface area contributed by atoms with Gasteiger partial charge in [0.15, 0.2) is 0 Å². The summed E-state index contributed by atoms with van der Waals surface area (Å²) in [5, 5.41) is 1.26. The van der Waals surface area contributed by atoms with Gasteiger partial charge in [0.2, 0.25) is 11.8 Å². The maximum Gasteiger partial charge on any atom is 0.226 e. The molecule has 0 aromatic heterocycles. The van der Waals surface area contributed by atoms with E-state index in [0.717, 1.165) is 44.2 Å². The van der Waals surface area contributed by atoms with Crippen molar-refractivity contribution >= 4 is 35.0 Å². The third-order valence-corrected chi connectivity index (χ3v) is 6.32. The van der Waals surface area contributed by atoms with E-state index >= 15 is 0 Å². The third kappa shape index (κ3) is 4.29. The Balaban J connectivity index is 1.58. The molecular formula is C19H24Cl2N2O2. The van der Waals surface area contributed by atoms with E-state index in [4.69, 9.17) is 28.9 Å². The van der Waals surface area contributed by atoms with E-state index in [0.29, 0.717) is 34.8 Å². The normalized spacial score (nSPS) is 26.9. The van der Waals surface area contributed by atoms with Crippen LogP contribution in [-0.4, -0.2) is 29.3 Å². The van der Waals surface area contributed by atoms with Crippen molar-refractivity contribution in [2.24, 2.45) is 17.6 Å². The van der Waals surface area contributed by atoms with E-state index in [1.807, 2.05) is 23.1 Å². The Morgan fingerprint density at radius 2 is 1.76 bits per heavy atom. The highest BCUT2D eigenvalue weighted by atomic mass is 35.5. The van der Waals surface area contributed by atoms with Crippen LogP contribution in [0.25, 0.3) is 0 Å². The molecule has 1 aromatic rings. The lowest BCUT2D eigenvalue weighted by Crippen LogP contribution is -2.40. The second-order valence-corrected chi connectivity index (χ2v) is 8.08. The molecular weight excluding hydrogens is 359 g/mol. The number of hydrogen-bond acceptors (Lipinski definition) is 2. The van der Waals surface area contributed by atoms with Crippen LogP contribution < -0.4 is 5.73 Å². The fraction of sp³-hybridized carbons (Fsp3) is 0.579. The predicted octanol–water partition coefficient (Wildman–Crippen LogP) is 3.82. The van der Waals surface area contributed by atoms with E-state index in [1.54, 1.807) is 0 Å². The molecule has 1 aromatic carbocycles. The zero-order valence-electron chi connectivity index (χ0n) is 14.2. The average Bonchev–Trinajstić information content (AvgIpc) is 2.92. The van der Waals surface area contributed by atoms with Crippen molar-refractivity contribution in [2.45, 2.75) is 51.0 Å². The molecule has 1 heterocycles. The van der Waals surface area contributed by atoms with Crippen LogP contribution in [0, 0.1) is 11.8 Å². The van der Waals surface area contributed by atoms with Gasteiger partial charge in [-0.3, -0.25) is 9.59 Å². The van der Waals surface area contributed by atoms with Gasteiger partial charge in [-0.05, 0) is 62.1 Å². The molecule has 136 valence electrons. The van der Waals surface area contributed by atoms with Crippen LogP contribution in [0.4, 0.5) is 0 Å². The molecule has 0 bridgehead atoms. The fourth-order valence-corrected chi connectivity index (χ4v) is 4.79. The fourth-order valence-electron chi connectivity index (χ4n) is 4.23. The van der Waals surface area contributed by atoms with Crippen LogP contribution in [0.15, 0.2) is 18.2 Å². The Kier molecular flexibility index (Phi) is 5.90. The number of nitrogens with zero attached hydrogens (tertiary/aromatic N) is 1. The molecule has 2 aliphatic rings. The van der Waals surface area contributed by atoms with Crippen molar-refractivity contribution in [1.29, 1.82) is 0 Å². The lowest BCUT2D eigenvalue weighted by Gasteiger charge is -2.34. The molecule has 2 N–H and O–H groups in total. The van der Waals surface area contributed by atoms with E-state index in [-0.39, 0.29) is 17.7 Å². The minimum Gasteiger partial charge on any atom is -0.370 e. The number of hydrogen-bond donors (Lipinski definition) is 1. The van der Waals surface area contributed by atoms with Crippen LogP contribution >= 0.6 is 23.2 Å². The summed E-state index contributed by atoms with van der Waals surface area (Å²) in [6, 6.07) is 5.75. The van der Waals surface area contributed by atoms with Crippen molar-refractivity contribution in [2.75, 3.05) is 6.54 Å². The molecule has 1 saturated carbocycles. The molecule has 2 fully saturated rings. The molecule has 0 spiro atoms. The number of amides is 2. The van der Waals surface area contributed by atoms with Crippen molar-refractivity contribution in [1.82, 2.24) is 4.90 Å². The first-order valence-electron chi connectivity index (χ1n) is 8.97. The van der Waals surface area contributed by atoms with Gasteiger partial charge in [-0.2, -0.15) is 0 Å². The van der Waals surface area contributed by atoms with Crippen LogP contribution in [0.2, 0.25) is 10.0 Å². The second kappa shape index (κ2) is 7.96. The molecule has 3 rings (SSSR count). The van der Waals surface area contributed by atoms with Gasteiger partial charge in [-0.1, -0.05) is 29.3 Å². The quantitative estimate of drug-likeness (QED) is 0.840. The van der Waals surface area contributed by atoms with Crippen molar-refractivity contribution in [3.8, 4) is 0 Å². The summed E-state index contributed by atoms with van der Waals surface area (Å²) in [7, 11) is 0. The molecule has 1 atom stereocenters. The Bertz CT molecular complexity index is 637. The lowest BCUT2D eigenvalue weighted by molar-refractivity contribution is -0.133. The number of carbonyl (C=O) groups excluding carboxylic acids is 2. The molecule has 1 saturated heterocycles. The summed E-state index contributed by atoms with van der Waals surface area (Å²) in [6.07, 6.45) is 5.78. The topological polar surface area (TPSA) is 63.4 Å². The summed E-state index contributed by atoms with van der Waals surface area (Å²) in [5.41, 5.74) is 6.16. The predicted molar refractivity (Wildman–Crippen MR) is 99.5 cm³/mol. The van der Waals surface area contributed by atoms with Gasteiger partial charge >= 0.3 is 0 Å². The molecule has 25 heavy (non-hydrogen) atoms. The van der Waals surface area contributed by atoms with E-state index in [2.05, 4.69) is 0 Å². The minimum atomic E-state index is -0.225. The number of halogens is 2. The van der Waals surface area contributed by atoms with Crippen LogP contribution in [-0.2, 0) is 16.0 Å². The number of primary amides is 1. The Labute approximate surface area is 158 Å². The largest absolute Gasteiger partial charge is 0.370 e. The zero-order valence-corrected chi connectivity index (χ0v) is 15.7. The smallest absolute Gasteiger partial charge is 0.226 e. The van der Waals surface area contributed by atoms with Gasteiger partial charge < -0.3 is 10.6 Å². The number of benzene rings is 1. The standard InChI is InChI=1S/C19H24Cl2N2O2/c20-16-2-1-3-17(21)15(16)11-13-8-9-23(19(13)25)14-6-4-12(5-7-14)10-18(22)24/h1-3,12-14H,4-11H2,(H2,22,24). The van der Waals surface area contributed by atoms with E-state index in [1.165, 1.54) is 0 Å². The molecule has 6 heteroatoms. The summed E-state index contributed by atoms with van der Waals surface area (Å²) < 4.78 is 0. The van der Waals surface area contributed by atoms with Gasteiger partial charge in [0.25, 0.3) is 0 Å². The van der Waals surface area contributed by atoms with E-state index < -0.39 is 0 Å². The van der Waals surface area contributed by atoms with Crippen LogP contribution in [0.3, 0.4) is 0 Å².